The van der Waals surface area contributed by atoms with Gasteiger partial charge in [-0.25, -0.2) is 0 Å². The number of benzene rings is 2. The Morgan fingerprint density at radius 3 is 2.13 bits per heavy atom. The second-order valence-electron chi connectivity index (χ2n) is 7.20. The molecule has 0 atom stereocenters. The Kier molecular flexibility index (Phi) is 8.87. The predicted molar refractivity (Wildman–Crippen MR) is 122 cm³/mol. The number of amides is 2. The summed E-state index contributed by atoms with van der Waals surface area (Å²) >= 11 is 0. The minimum Gasteiger partial charge on any atom is -0.356 e. The van der Waals surface area contributed by atoms with Gasteiger partial charge < -0.3 is 20.9 Å². The van der Waals surface area contributed by atoms with Gasteiger partial charge in [0.1, 0.15) is 0 Å². The first-order valence-corrected chi connectivity index (χ1v) is 10.0. The minimum absolute atomic E-state index is 0.00685. The molecule has 0 spiro atoms. The molecule has 2 amide bonds. The topological polar surface area (TPSA) is 85.8 Å². The molecule has 0 aromatic heterocycles. The van der Waals surface area contributed by atoms with Gasteiger partial charge in [0.05, 0.1) is 0 Å². The third-order valence-corrected chi connectivity index (χ3v) is 4.49. The summed E-state index contributed by atoms with van der Waals surface area (Å²) in [6, 6.07) is 15.5. The average molecular weight is 410 g/mol. The summed E-state index contributed by atoms with van der Waals surface area (Å²) in [4.78, 5) is 29.0. The van der Waals surface area contributed by atoms with E-state index in [4.69, 9.17) is 0 Å². The van der Waals surface area contributed by atoms with Gasteiger partial charge in [-0.1, -0.05) is 24.3 Å². The SMILES string of the molecule is CN=C(NCCc1ccc(NC(C)=O)cc1)NCCc1cccc(C(=O)N(C)C)c1. The lowest BCUT2D eigenvalue weighted by molar-refractivity contribution is -0.114. The minimum atomic E-state index is -0.0738. The van der Waals surface area contributed by atoms with Crippen LogP contribution >= 0.6 is 0 Å². The molecule has 3 N–H and O–H groups in total. The molecule has 2 aromatic rings. The highest BCUT2D eigenvalue weighted by atomic mass is 16.2. The molecule has 160 valence electrons. The molecule has 0 unspecified atom stereocenters. The van der Waals surface area contributed by atoms with Crippen LogP contribution in [0.15, 0.2) is 53.5 Å². The quantitative estimate of drug-likeness (QED) is 0.461. The molecule has 30 heavy (non-hydrogen) atoms. The van der Waals surface area contributed by atoms with E-state index in [1.165, 1.54) is 12.5 Å². The van der Waals surface area contributed by atoms with Crippen molar-refractivity contribution in [3.8, 4) is 0 Å². The monoisotopic (exact) mass is 409 g/mol. The lowest BCUT2D eigenvalue weighted by Gasteiger charge is -2.13. The van der Waals surface area contributed by atoms with Crippen LogP contribution in [0.5, 0.6) is 0 Å². The van der Waals surface area contributed by atoms with E-state index in [2.05, 4.69) is 20.9 Å². The third kappa shape index (κ3) is 7.58. The molecule has 0 aliphatic carbocycles. The zero-order chi connectivity index (χ0) is 21.9. The second-order valence-corrected chi connectivity index (χ2v) is 7.20. The highest BCUT2D eigenvalue weighted by molar-refractivity contribution is 5.94. The van der Waals surface area contributed by atoms with E-state index in [0.717, 1.165) is 36.6 Å². The first-order valence-electron chi connectivity index (χ1n) is 10.0. The summed E-state index contributed by atoms with van der Waals surface area (Å²) in [5.74, 6) is 0.674. The Balaban J connectivity index is 1.75. The fraction of sp³-hybridized carbons (Fsp3) is 0.348. The van der Waals surface area contributed by atoms with Crippen molar-refractivity contribution in [1.82, 2.24) is 15.5 Å². The molecule has 0 saturated heterocycles. The average Bonchev–Trinajstić information content (AvgIpc) is 2.73. The van der Waals surface area contributed by atoms with Gasteiger partial charge in [0.25, 0.3) is 5.91 Å². The Labute approximate surface area is 178 Å². The number of nitrogens with zero attached hydrogens (tertiary/aromatic N) is 2. The van der Waals surface area contributed by atoms with E-state index in [1.54, 1.807) is 26.0 Å². The van der Waals surface area contributed by atoms with E-state index in [9.17, 15) is 9.59 Å². The van der Waals surface area contributed by atoms with Gasteiger partial charge in [0.2, 0.25) is 5.91 Å². The Morgan fingerprint density at radius 2 is 1.57 bits per heavy atom. The summed E-state index contributed by atoms with van der Waals surface area (Å²) in [5, 5.41) is 9.37. The van der Waals surface area contributed by atoms with Crippen LogP contribution in [0.1, 0.15) is 28.4 Å². The van der Waals surface area contributed by atoms with Gasteiger partial charge >= 0.3 is 0 Å². The van der Waals surface area contributed by atoms with E-state index >= 15 is 0 Å². The molecular weight excluding hydrogens is 378 g/mol. The maximum atomic E-state index is 12.1. The molecule has 0 aliphatic heterocycles. The van der Waals surface area contributed by atoms with Crippen LogP contribution in [-0.2, 0) is 17.6 Å². The number of hydrogen-bond donors (Lipinski definition) is 3. The van der Waals surface area contributed by atoms with Gasteiger partial charge in [-0.2, -0.15) is 0 Å². The third-order valence-electron chi connectivity index (χ3n) is 4.49. The van der Waals surface area contributed by atoms with Crippen LogP contribution in [0, 0.1) is 0 Å². The van der Waals surface area contributed by atoms with Gasteiger partial charge in [0.15, 0.2) is 5.96 Å². The largest absolute Gasteiger partial charge is 0.356 e. The van der Waals surface area contributed by atoms with E-state index in [-0.39, 0.29) is 11.8 Å². The maximum Gasteiger partial charge on any atom is 0.253 e. The summed E-state index contributed by atoms with van der Waals surface area (Å²) in [7, 11) is 5.25. The summed E-state index contributed by atoms with van der Waals surface area (Å²) in [6.45, 7) is 2.95. The van der Waals surface area contributed by atoms with Crippen molar-refractivity contribution in [2.45, 2.75) is 19.8 Å². The van der Waals surface area contributed by atoms with Crippen LogP contribution in [0.2, 0.25) is 0 Å². The van der Waals surface area contributed by atoms with Gasteiger partial charge in [-0.05, 0) is 48.2 Å². The maximum absolute atomic E-state index is 12.1. The number of anilines is 1. The normalized spacial score (nSPS) is 11.0. The Morgan fingerprint density at radius 1 is 0.933 bits per heavy atom. The fourth-order valence-corrected chi connectivity index (χ4v) is 2.95. The van der Waals surface area contributed by atoms with Crippen molar-refractivity contribution in [2.75, 3.05) is 39.5 Å². The summed E-state index contributed by atoms with van der Waals surface area (Å²) in [5.41, 5.74) is 3.77. The highest BCUT2D eigenvalue weighted by Gasteiger charge is 2.08. The van der Waals surface area contributed by atoms with Gasteiger partial charge in [0, 0.05) is 52.4 Å². The first kappa shape index (κ1) is 22.9. The molecule has 0 radical (unpaired) electrons. The standard InChI is InChI=1S/C23H31N5O2/c1-17(29)27-21-10-8-18(9-11-21)12-14-25-23(24-2)26-15-13-19-6-5-7-20(16-19)22(30)28(3)4/h5-11,16H,12-15H2,1-4H3,(H,27,29)(H2,24,25,26). The van der Waals surface area contributed by atoms with Crippen LogP contribution in [-0.4, -0.2) is 56.9 Å². The molecule has 2 rings (SSSR count). The molecule has 2 aromatic carbocycles. The second kappa shape index (κ2) is 11.6. The zero-order valence-corrected chi connectivity index (χ0v) is 18.2. The number of rotatable bonds is 8. The fourth-order valence-electron chi connectivity index (χ4n) is 2.95. The number of guanidine groups is 1. The molecule has 0 fully saturated rings. The van der Waals surface area contributed by atoms with Crippen molar-refractivity contribution < 1.29 is 9.59 Å². The Bertz CT molecular complexity index is 875. The first-order chi connectivity index (χ1) is 14.4. The van der Waals surface area contributed by atoms with Crippen LogP contribution in [0.4, 0.5) is 5.69 Å². The summed E-state index contributed by atoms with van der Waals surface area (Å²) < 4.78 is 0. The highest BCUT2D eigenvalue weighted by Crippen LogP contribution is 2.10. The molecule has 0 saturated carbocycles. The van der Waals surface area contributed by atoms with E-state index in [1.807, 2.05) is 48.5 Å². The van der Waals surface area contributed by atoms with Crippen LogP contribution < -0.4 is 16.0 Å². The number of nitrogens with one attached hydrogen (secondary N) is 3. The van der Waals surface area contributed by atoms with Gasteiger partial charge in [-0.15, -0.1) is 0 Å². The van der Waals surface area contributed by atoms with Crippen molar-refractivity contribution in [3.05, 3.63) is 65.2 Å². The smallest absolute Gasteiger partial charge is 0.253 e. The lowest BCUT2D eigenvalue weighted by atomic mass is 10.1. The van der Waals surface area contributed by atoms with E-state index in [0.29, 0.717) is 12.1 Å². The number of aliphatic imine (C=N–C) groups is 1. The van der Waals surface area contributed by atoms with Crippen molar-refractivity contribution in [2.24, 2.45) is 4.99 Å². The molecule has 0 bridgehead atoms. The van der Waals surface area contributed by atoms with Crippen molar-refractivity contribution >= 4 is 23.5 Å². The number of carbonyl (C=O) groups is 2. The molecule has 7 heteroatoms. The van der Waals surface area contributed by atoms with Crippen molar-refractivity contribution in [3.63, 3.8) is 0 Å². The zero-order valence-electron chi connectivity index (χ0n) is 18.2. The molecule has 0 aliphatic rings. The molecular formula is C23H31N5O2. The van der Waals surface area contributed by atoms with Crippen LogP contribution in [0.25, 0.3) is 0 Å². The summed E-state index contributed by atoms with van der Waals surface area (Å²) in [6.07, 6.45) is 1.63. The molecule has 0 heterocycles. The van der Waals surface area contributed by atoms with Gasteiger partial charge in [-0.3, -0.25) is 14.6 Å². The van der Waals surface area contributed by atoms with Crippen LogP contribution in [0.3, 0.4) is 0 Å². The Hall–Kier alpha value is -3.35. The predicted octanol–water partition coefficient (Wildman–Crippen LogP) is 2.30. The molecule has 7 nitrogen and oxygen atoms in total. The lowest BCUT2D eigenvalue weighted by Crippen LogP contribution is -2.39. The number of carbonyl (C=O) groups excluding carboxylic acids is 2. The van der Waals surface area contributed by atoms with E-state index < -0.39 is 0 Å². The van der Waals surface area contributed by atoms with Crippen molar-refractivity contribution in [1.29, 1.82) is 0 Å². The number of hydrogen-bond acceptors (Lipinski definition) is 3.